The van der Waals surface area contributed by atoms with Gasteiger partial charge in [0.05, 0.1) is 17.2 Å². The van der Waals surface area contributed by atoms with Crippen molar-refractivity contribution in [1.82, 2.24) is 19.7 Å². The van der Waals surface area contributed by atoms with E-state index in [4.69, 9.17) is 0 Å². The Kier molecular flexibility index (Phi) is 4.92. The number of alkyl halides is 3. The Morgan fingerprint density at radius 1 is 1.10 bits per heavy atom. The van der Waals surface area contributed by atoms with Crippen LogP contribution in [0.15, 0.2) is 42.7 Å². The fraction of sp³-hybridized carbons (Fsp3) is 0.300. The zero-order valence-corrected chi connectivity index (χ0v) is 16.3. The van der Waals surface area contributed by atoms with Crippen LogP contribution in [0.1, 0.15) is 17.0 Å². The average molecular weight is 416 g/mol. The molecule has 1 aliphatic rings. The Balaban J connectivity index is 1.40. The second kappa shape index (κ2) is 7.43. The van der Waals surface area contributed by atoms with Gasteiger partial charge in [0.25, 0.3) is 0 Å². The Morgan fingerprint density at radius 3 is 2.50 bits per heavy atom. The summed E-state index contributed by atoms with van der Waals surface area (Å²) in [7, 11) is 0. The van der Waals surface area contributed by atoms with Gasteiger partial charge in [-0.25, -0.2) is 14.6 Å². The molecule has 0 atom stereocenters. The minimum atomic E-state index is -4.45. The van der Waals surface area contributed by atoms with Gasteiger partial charge >= 0.3 is 6.18 Å². The molecule has 1 aromatic carbocycles. The first-order valence-corrected chi connectivity index (χ1v) is 9.29. The summed E-state index contributed by atoms with van der Waals surface area (Å²) in [6, 6.07) is 8.34. The molecule has 1 saturated heterocycles. The van der Waals surface area contributed by atoms with E-state index in [1.165, 1.54) is 18.5 Å². The molecule has 0 unspecified atom stereocenters. The maximum atomic E-state index is 12.8. The average Bonchev–Trinajstić information content (AvgIpc) is 2.98. The van der Waals surface area contributed by atoms with E-state index >= 15 is 0 Å². The predicted octanol–water partition coefficient (Wildman–Crippen LogP) is 3.37. The van der Waals surface area contributed by atoms with Crippen molar-refractivity contribution in [2.75, 3.05) is 23.3 Å². The zero-order chi connectivity index (χ0) is 21.5. The molecule has 7 nitrogen and oxygen atoms in total. The minimum Gasteiger partial charge on any atom is -0.355 e. The van der Waals surface area contributed by atoms with Gasteiger partial charge < -0.3 is 10.2 Å². The van der Waals surface area contributed by atoms with Crippen LogP contribution in [-0.4, -0.2) is 38.7 Å². The second-order valence-corrected chi connectivity index (χ2v) is 7.24. The van der Waals surface area contributed by atoms with Crippen molar-refractivity contribution < 1.29 is 18.0 Å². The van der Waals surface area contributed by atoms with Gasteiger partial charge in [-0.2, -0.15) is 18.3 Å². The summed E-state index contributed by atoms with van der Waals surface area (Å²) in [4.78, 5) is 22.8. The van der Waals surface area contributed by atoms with Gasteiger partial charge in [0.1, 0.15) is 12.1 Å². The normalized spacial score (nSPS) is 14.5. The number of nitrogens with one attached hydrogen (secondary N) is 1. The Morgan fingerprint density at radius 2 is 1.83 bits per heavy atom. The third-order valence-electron chi connectivity index (χ3n) is 4.90. The van der Waals surface area contributed by atoms with Crippen LogP contribution in [-0.2, 0) is 11.0 Å². The van der Waals surface area contributed by atoms with E-state index in [1.54, 1.807) is 10.7 Å². The van der Waals surface area contributed by atoms with Crippen molar-refractivity contribution in [2.24, 2.45) is 5.92 Å². The monoisotopic (exact) mass is 416 g/mol. The van der Waals surface area contributed by atoms with Crippen molar-refractivity contribution in [1.29, 1.82) is 0 Å². The maximum absolute atomic E-state index is 12.8. The fourth-order valence-corrected chi connectivity index (χ4v) is 3.34. The number of benzene rings is 1. The highest BCUT2D eigenvalue weighted by molar-refractivity contribution is 5.94. The first-order valence-electron chi connectivity index (χ1n) is 9.29. The van der Waals surface area contributed by atoms with Gasteiger partial charge in [0.2, 0.25) is 5.91 Å². The number of anilines is 2. The van der Waals surface area contributed by atoms with Gasteiger partial charge in [-0.3, -0.25) is 4.79 Å². The molecular formula is C20H19F3N6O. The van der Waals surface area contributed by atoms with Gasteiger partial charge in [-0.15, -0.1) is 0 Å². The molecule has 0 spiro atoms. The van der Waals surface area contributed by atoms with E-state index in [0.717, 1.165) is 23.5 Å². The largest absolute Gasteiger partial charge is 0.416 e. The lowest BCUT2D eigenvalue weighted by Gasteiger charge is -2.39. The smallest absolute Gasteiger partial charge is 0.355 e. The van der Waals surface area contributed by atoms with Crippen molar-refractivity contribution >= 4 is 17.4 Å². The summed E-state index contributed by atoms with van der Waals surface area (Å²) >= 11 is 0. The van der Waals surface area contributed by atoms with Gasteiger partial charge in [-0.1, -0.05) is 6.07 Å². The highest BCUT2D eigenvalue weighted by Gasteiger charge is 2.34. The van der Waals surface area contributed by atoms with E-state index in [1.807, 2.05) is 24.8 Å². The molecule has 0 bridgehead atoms. The topological polar surface area (TPSA) is 75.9 Å². The molecule has 2 aromatic heterocycles. The van der Waals surface area contributed by atoms with Crippen LogP contribution in [0.3, 0.4) is 0 Å². The summed E-state index contributed by atoms with van der Waals surface area (Å²) < 4.78 is 40.2. The maximum Gasteiger partial charge on any atom is 0.416 e. The molecule has 0 saturated carbocycles. The number of rotatable bonds is 4. The second-order valence-electron chi connectivity index (χ2n) is 7.24. The minimum absolute atomic E-state index is 0.127. The van der Waals surface area contributed by atoms with Gasteiger partial charge in [0, 0.05) is 30.5 Å². The molecule has 10 heteroatoms. The number of aryl methyl sites for hydroxylation is 2. The molecule has 156 valence electrons. The van der Waals surface area contributed by atoms with Crippen LogP contribution in [0.2, 0.25) is 0 Å². The summed E-state index contributed by atoms with van der Waals surface area (Å²) in [5.74, 6) is 0.628. The number of aromatic nitrogens is 4. The molecule has 1 aliphatic heterocycles. The van der Waals surface area contributed by atoms with Crippen molar-refractivity contribution in [3.8, 4) is 5.82 Å². The van der Waals surface area contributed by atoms with Crippen LogP contribution in [0, 0.1) is 19.8 Å². The summed E-state index contributed by atoms with van der Waals surface area (Å²) in [5, 5.41) is 6.97. The third-order valence-corrected chi connectivity index (χ3v) is 4.90. The molecule has 0 aliphatic carbocycles. The summed E-state index contributed by atoms with van der Waals surface area (Å²) in [6.07, 6.45) is -3.01. The SMILES string of the molecule is Cc1cc(C)n(-c2cc(N3CC(C(=O)Nc4cccc(C(F)(F)F)c4)C3)ncn2)n1. The number of carbonyl (C=O) groups is 1. The van der Waals surface area contributed by atoms with Crippen molar-refractivity contribution in [2.45, 2.75) is 20.0 Å². The first kappa shape index (κ1) is 19.9. The van der Waals surface area contributed by atoms with E-state index < -0.39 is 11.7 Å². The number of nitrogens with zero attached hydrogens (tertiary/aromatic N) is 5. The number of halogens is 3. The molecule has 0 radical (unpaired) electrons. The molecule has 3 heterocycles. The molecular weight excluding hydrogens is 397 g/mol. The number of carbonyl (C=O) groups excluding carboxylic acids is 1. The fourth-order valence-electron chi connectivity index (χ4n) is 3.34. The lowest BCUT2D eigenvalue weighted by molar-refractivity contribution is -0.137. The van der Waals surface area contributed by atoms with Crippen molar-refractivity contribution in [3.05, 3.63) is 59.7 Å². The lowest BCUT2D eigenvalue weighted by Crippen LogP contribution is -2.52. The quantitative estimate of drug-likeness (QED) is 0.706. The van der Waals surface area contributed by atoms with Crippen LogP contribution in [0.4, 0.5) is 24.7 Å². The standard InChI is InChI=1S/C20H19F3N6O/c1-12-6-13(2)29(27-12)18-8-17(24-11-25-18)28-9-14(10-28)19(30)26-16-5-3-4-15(7-16)20(21,22)23/h3-8,11,14H,9-10H2,1-2H3,(H,26,30). The summed E-state index contributed by atoms with van der Waals surface area (Å²) in [6.45, 7) is 4.66. The van der Waals surface area contributed by atoms with Gasteiger partial charge in [0.15, 0.2) is 5.82 Å². The summed E-state index contributed by atoms with van der Waals surface area (Å²) in [5.41, 5.74) is 1.15. The Hall–Kier alpha value is -3.43. The van der Waals surface area contributed by atoms with E-state index in [2.05, 4.69) is 20.4 Å². The number of amides is 1. The van der Waals surface area contributed by atoms with Crippen molar-refractivity contribution in [3.63, 3.8) is 0 Å². The van der Waals surface area contributed by atoms with Crippen LogP contribution in [0.25, 0.3) is 5.82 Å². The molecule has 1 amide bonds. The third kappa shape index (κ3) is 3.98. The predicted molar refractivity (Wildman–Crippen MR) is 104 cm³/mol. The highest BCUT2D eigenvalue weighted by atomic mass is 19.4. The molecule has 3 aromatic rings. The van der Waals surface area contributed by atoms with E-state index in [-0.39, 0.29) is 17.5 Å². The van der Waals surface area contributed by atoms with Gasteiger partial charge in [-0.05, 0) is 38.1 Å². The zero-order valence-electron chi connectivity index (χ0n) is 16.3. The molecule has 1 N–H and O–H groups in total. The lowest BCUT2D eigenvalue weighted by atomic mass is 9.99. The molecule has 4 rings (SSSR count). The Bertz CT molecular complexity index is 1090. The molecule has 30 heavy (non-hydrogen) atoms. The van der Waals surface area contributed by atoms with E-state index in [0.29, 0.717) is 24.7 Å². The number of hydrogen-bond acceptors (Lipinski definition) is 5. The Labute approximate surface area is 170 Å². The molecule has 1 fully saturated rings. The van der Waals surface area contributed by atoms with Crippen LogP contribution < -0.4 is 10.2 Å². The first-order chi connectivity index (χ1) is 14.2. The number of hydrogen-bond donors (Lipinski definition) is 1. The van der Waals surface area contributed by atoms with Crippen LogP contribution >= 0.6 is 0 Å². The van der Waals surface area contributed by atoms with Crippen LogP contribution in [0.5, 0.6) is 0 Å². The highest BCUT2D eigenvalue weighted by Crippen LogP contribution is 2.31. The van der Waals surface area contributed by atoms with E-state index in [9.17, 15) is 18.0 Å².